The lowest BCUT2D eigenvalue weighted by molar-refractivity contribution is 0.465. The standard InChI is InChI=1S/C12H9NO6S2/c14-20(15,16)11-9-6-5-7-3-1-2-4-8(7)10(9)13-12(11)21(17,18)19/h1-6,13H,(H,14,15,16)(H,17,18,19). The van der Waals surface area contributed by atoms with Gasteiger partial charge in [-0.3, -0.25) is 9.11 Å². The van der Waals surface area contributed by atoms with Crippen molar-refractivity contribution in [2.75, 3.05) is 0 Å². The van der Waals surface area contributed by atoms with E-state index in [1.165, 1.54) is 6.07 Å². The average molecular weight is 327 g/mol. The fourth-order valence-electron chi connectivity index (χ4n) is 2.33. The molecule has 1 heterocycles. The van der Waals surface area contributed by atoms with Crippen LogP contribution in [0.1, 0.15) is 0 Å². The van der Waals surface area contributed by atoms with E-state index in [1.807, 2.05) is 0 Å². The summed E-state index contributed by atoms with van der Waals surface area (Å²) in [5.41, 5.74) is 0.202. The highest BCUT2D eigenvalue weighted by Gasteiger charge is 2.29. The first kappa shape index (κ1) is 14.0. The van der Waals surface area contributed by atoms with Gasteiger partial charge in [0, 0.05) is 10.8 Å². The zero-order valence-electron chi connectivity index (χ0n) is 10.3. The van der Waals surface area contributed by atoms with Crippen molar-refractivity contribution in [3.05, 3.63) is 36.4 Å². The third kappa shape index (κ3) is 2.20. The number of benzene rings is 2. The molecule has 21 heavy (non-hydrogen) atoms. The van der Waals surface area contributed by atoms with Crippen LogP contribution in [-0.4, -0.2) is 30.9 Å². The summed E-state index contributed by atoms with van der Waals surface area (Å²) >= 11 is 0. The molecule has 1 aromatic heterocycles. The van der Waals surface area contributed by atoms with Crippen molar-refractivity contribution >= 4 is 41.9 Å². The van der Waals surface area contributed by atoms with Crippen molar-refractivity contribution in [3.8, 4) is 0 Å². The number of hydrogen-bond donors (Lipinski definition) is 3. The first-order valence-corrected chi connectivity index (χ1v) is 8.56. The highest BCUT2D eigenvalue weighted by Crippen LogP contribution is 2.34. The predicted molar refractivity (Wildman–Crippen MR) is 75.4 cm³/mol. The molecule has 0 saturated heterocycles. The number of rotatable bonds is 2. The van der Waals surface area contributed by atoms with Crippen molar-refractivity contribution in [2.45, 2.75) is 9.92 Å². The van der Waals surface area contributed by atoms with Crippen molar-refractivity contribution < 1.29 is 25.9 Å². The zero-order valence-corrected chi connectivity index (χ0v) is 11.9. The minimum atomic E-state index is -4.84. The zero-order chi connectivity index (χ0) is 15.4. The van der Waals surface area contributed by atoms with Crippen molar-refractivity contribution in [1.29, 1.82) is 0 Å². The summed E-state index contributed by atoms with van der Waals surface area (Å²) in [6.07, 6.45) is 0. The maximum atomic E-state index is 11.5. The second-order valence-electron chi connectivity index (χ2n) is 4.44. The van der Waals surface area contributed by atoms with Gasteiger partial charge in [0.05, 0.1) is 5.52 Å². The number of fused-ring (bicyclic) bond motifs is 3. The smallest absolute Gasteiger partial charge is 0.311 e. The minimum Gasteiger partial charge on any atom is -0.342 e. The van der Waals surface area contributed by atoms with Crippen LogP contribution in [0.15, 0.2) is 46.3 Å². The molecule has 0 saturated carbocycles. The molecule has 0 aliphatic rings. The Morgan fingerprint density at radius 1 is 0.810 bits per heavy atom. The molecule has 0 amide bonds. The Labute approximate surface area is 119 Å². The number of hydrogen-bond acceptors (Lipinski definition) is 4. The molecule has 9 heteroatoms. The molecule has 0 radical (unpaired) electrons. The Morgan fingerprint density at radius 2 is 1.48 bits per heavy atom. The van der Waals surface area contributed by atoms with Crippen LogP contribution >= 0.6 is 0 Å². The SMILES string of the molecule is O=S(=O)(O)c1[nH]c2c(ccc3ccccc32)c1S(=O)(=O)O. The van der Waals surface area contributed by atoms with Gasteiger partial charge in [-0.15, -0.1) is 0 Å². The van der Waals surface area contributed by atoms with E-state index >= 15 is 0 Å². The van der Waals surface area contributed by atoms with E-state index in [0.29, 0.717) is 5.39 Å². The lowest BCUT2D eigenvalue weighted by Gasteiger charge is -2.00. The maximum absolute atomic E-state index is 11.5. The Bertz CT molecular complexity index is 1080. The molecule has 110 valence electrons. The van der Waals surface area contributed by atoms with E-state index in [-0.39, 0.29) is 10.9 Å². The van der Waals surface area contributed by atoms with Gasteiger partial charge in [-0.25, -0.2) is 0 Å². The fourth-order valence-corrected chi connectivity index (χ4v) is 4.27. The first-order chi connectivity index (χ1) is 9.69. The average Bonchev–Trinajstić information content (AvgIpc) is 2.78. The molecule has 0 fully saturated rings. The van der Waals surface area contributed by atoms with Crippen LogP contribution in [0.4, 0.5) is 0 Å². The van der Waals surface area contributed by atoms with Gasteiger partial charge in [0.1, 0.15) is 4.90 Å². The third-order valence-corrected chi connectivity index (χ3v) is 5.03. The van der Waals surface area contributed by atoms with Crippen molar-refractivity contribution in [1.82, 2.24) is 4.98 Å². The van der Waals surface area contributed by atoms with Crippen molar-refractivity contribution in [3.63, 3.8) is 0 Å². The lowest BCUT2D eigenvalue weighted by Crippen LogP contribution is -2.07. The summed E-state index contributed by atoms with van der Waals surface area (Å²) in [4.78, 5) is 1.52. The van der Waals surface area contributed by atoms with Gasteiger partial charge in [-0.2, -0.15) is 16.8 Å². The summed E-state index contributed by atoms with van der Waals surface area (Å²) < 4.78 is 64.1. The molecule has 7 nitrogen and oxygen atoms in total. The number of aromatic nitrogens is 1. The normalized spacial score (nSPS) is 13.0. The molecule has 3 N–H and O–H groups in total. The van der Waals surface area contributed by atoms with E-state index in [9.17, 15) is 25.9 Å². The Hall–Kier alpha value is -1.94. The van der Waals surface area contributed by atoms with Gasteiger partial charge in [0.2, 0.25) is 0 Å². The summed E-state index contributed by atoms with van der Waals surface area (Å²) in [7, 11) is -9.68. The van der Waals surface area contributed by atoms with Gasteiger partial charge in [0.25, 0.3) is 10.1 Å². The summed E-state index contributed by atoms with van der Waals surface area (Å²) in [6.45, 7) is 0. The molecule has 0 unspecified atom stereocenters. The Balaban J connectivity index is 2.63. The molecule has 0 aliphatic heterocycles. The third-order valence-electron chi connectivity index (χ3n) is 3.13. The van der Waals surface area contributed by atoms with E-state index in [4.69, 9.17) is 0 Å². The molecular weight excluding hydrogens is 318 g/mol. The van der Waals surface area contributed by atoms with Gasteiger partial charge in [-0.05, 0) is 5.39 Å². The summed E-state index contributed by atoms with van der Waals surface area (Å²) in [5, 5.41) is 0.352. The number of H-pyrrole nitrogens is 1. The van der Waals surface area contributed by atoms with Crippen LogP contribution in [0, 0.1) is 0 Å². The maximum Gasteiger partial charge on any atom is 0.311 e. The van der Waals surface area contributed by atoms with Crippen LogP contribution in [0.5, 0.6) is 0 Å². The van der Waals surface area contributed by atoms with Crippen LogP contribution in [0.3, 0.4) is 0 Å². The molecule has 0 aliphatic carbocycles. The van der Waals surface area contributed by atoms with Crippen LogP contribution in [-0.2, 0) is 20.2 Å². The number of aromatic amines is 1. The first-order valence-electron chi connectivity index (χ1n) is 5.68. The topological polar surface area (TPSA) is 125 Å². The molecule has 0 bridgehead atoms. The predicted octanol–water partition coefficient (Wildman–Crippen LogP) is 1.81. The van der Waals surface area contributed by atoms with E-state index in [1.54, 1.807) is 30.3 Å². The Kier molecular flexibility index (Phi) is 2.85. The fraction of sp³-hybridized carbons (Fsp3) is 0. The molecule has 3 aromatic rings. The highest BCUT2D eigenvalue weighted by molar-refractivity contribution is 7.89. The second-order valence-corrected chi connectivity index (χ2v) is 7.16. The van der Waals surface area contributed by atoms with E-state index in [0.717, 1.165) is 5.39 Å². The second kappa shape index (κ2) is 4.28. The van der Waals surface area contributed by atoms with E-state index < -0.39 is 30.2 Å². The van der Waals surface area contributed by atoms with Gasteiger partial charge >= 0.3 is 10.1 Å². The lowest BCUT2D eigenvalue weighted by atomic mass is 10.1. The molecule has 2 aromatic carbocycles. The molecule has 0 atom stereocenters. The van der Waals surface area contributed by atoms with E-state index in [2.05, 4.69) is 4.98 Å². The van der Waals surface area contributed by atoms with Gasteiger partial charge in [0.15, 0.2) is 5.03 Å². The molecular formula is C12H9NO6S2. The van der Waals surface area contributed by atoms with Gasteiger partial charge < -0.3 is 4.98 Å². The molecule has 3 rings (SSSR count). The summed E-state index contributed by atoms with van der Waals surface area (Å²) in [5.74, 6) is 0. The quantitative estimate of drug-likeness (QED) is 0.617. The van der Waals surface area contributed by atoms with Crippen LogP contribution < -0.4 is 0 Å². The summed E-state index contributed by atoms with van der Waals surface area (Å²) in [6, 6.07) is 9.85. The highest BCUT2D eigenvalue weighted by atomic mass is 32.2. The van der Waals surface area contributed by atoms with Gasteiger partial charge in [-0.1, -0.05) is 36.4 Å². The minimum absolute atomic E-state index is 0.0103. The van der Waals surface area contributed by atoms with Crippen LogP contribution in [0.25, 0.3) is 21.7 Å². The molecule has 0 spiro atoms. The van der Waals surface area contributed by atoms with Crippen LogP contribution in [0.2, 0.25) is 0 Å². The monoisotopic (exact) mass is 327 g/mol. The number of nitrogens with one attached hydrogen (secondary N) is 1. The Morgan fingerprint density at radius 3 is 2.10 bits per heavy atom. The van der Waals surface area contributed by atoms with Crippen molar-refractivity contribution in [2.24, 2.45) is 0 Å². The largest absolute Gasteiger partial charge is 0.342 e.